The minimum absolute atomic E-state index is 0.0309. The van der Waals surface area contributed by atoms with Crippen molar-refractivity contribution in [2.75, 3.05) is 11.9 Å². The lowest BCUT2D eigenvalue weighted by Crippen LogP contribution is -2.33. The zero-order valence-corrected chi connectivity index (χ0v) is 13.9. The molecule has 2 aromatic carbocycles. The highest BCUT2D eigenvalue weighted by Gasteiger charge is 2.15. The monoisotopic (exact) mass is 322 g/mol. The van der Waals surface area contributed by atoms with E-state index in [2.05, 4.69) is 16.7 Å². The van der Waals surface area contributed by atoms with E-state index in [0.717, 1.165) is 30.5 Å². The number of anilines is 1. The molecule has 1 aliphatic carbocycles. The highest BCUT2D eigenvalue weighted by Crippen LogP contribution is 2.27. The number of amides is 2. The number of nitrogens with one attached hydrogen (secondary N) is 2. The molecule has 0 fully saturated rings. The smallest absolute Gasteiger partial charge is 0.251 e. The van der Waals surface area contributed by atoms with Gasteiger partial charge >= 0.3 is 0 Å². The standard InChI is InChI=1S/C20H22N2O2/c1-14-7-2-4-10-16(14)20(24)21-13-19(23)22-18-12-6-9-15-8-3-5-11-17(15)18/h2,4,6-7,9-10,12H,3,5,8,11,13H2,1H3,(H,21,24)(H,22,23). The lowest BCUT2D eigenvalue weighted by Gasteiger charge is -2.19. The fourth-order valence-electron chi connectivity index (χ4n) is 3.18. The summed E-state index contributed by atoms with van der Waals surface area (Å²) in [5.41, 5.74) is 4.93. The third-order valence-corrected chi connectivity index (χ3v) is 4.47. The maximum Gasteiger partial charge on any atom is 0.251 e. The zero-order chi connectivity index (χ0) is 16.9. The van der Waals surface area contributed by atoms with Crippen LogP contribution in [-0.2, 0) is 17.6 Å². The normalized spacial score (nSPS) is 13.0. The molecule has 1 aliphatic rings. The molecule has 0 radical (unpaired) electrons. The molecule has 0 saturated heterocycles. The van der Waals surface area contributed by atoms with Gasteiger partial charge in [0.1, 0.15) is 0 Å². The molecule has 24 heavy (non-hydrogen) atoms. The largest absolute Gasteiger partial charge is 0.343 e. The van der Waals surface area contributed by atoms with Crippen LogP contribution in [0.2, 0.25) is 0 Å². The summed E-state index contributed by atoms with van der Waals surface area (Å²) in [4.78, 5) is 24.4. The third-order valence-electron chi connectivity index (χ3n) is 4.47. The molecule has 0 heterocycles. The molecule has 124 valence electrons. The maximum absolute atomic E-state index is 12.2. The predicted octanol–water partition coefficient (Wildman–Crippen LogP) is 3.24. The first-order valence-corrected chi connectivity index (χ1v) is 8.39. The van der Waals surface area contributed by atoms with Crippen molar-refractivity contribution in [2.45, 2.75) is 32.6 Å². The van der Waals surface area contributed by atoms with Crippen molar-refractivity contribution in [2.24, 2.45) is 0 Å². The number of rotatable bonds is 4. The number of carbonyl (C=O) groups is 2. The average molecular weight is 322 g/mol. The van der Waals surface area contributed by atoms with E-state index in [1.54, 1.807) is 6.07 Å². The van der Waals surface area contributed by atoms with Gasteiger partial charge in [-0.05, 0) is 61.4 Å². The van der Waals surface area contributed by atoms with Gasteiger partial charge in [-0.15, -0.1) is 0 Å². The fourth-order valence-corrected chi connectivity index (χ4v) is 3.18. The Morgan fingerprint density at radius 3 is 2.62 bits per heavy atom. The molecule has 0 saturated carbocycles. The molecular weight excluding hydrogens is 300 g/mol. The van der Waals surface area contributed by atoms with Crippen molar-refractivity contribution in [1.82, 2.24) is 5.32 Å². The Balaban J connectivity index is 1.61. The first-order chi connectivity index (χ1) is 11.6. The highest BCUT2D eigenvalue weighted by atomic mass is 16.2. The minimum atomic E-state index is -0.224. The molecule has 0 aliphatic heterocycles. The Morgan fingerprint density at radius 2 is 1.79 bits per heavy atom. The SMILES string of the molecule is Cc1ccccc1C(=O)NCC(=O)Nc1cccc2c1CCCC2. The van der Waals surface area contributed by atoms with Crippen LogP contribution >= 0.6 is 0 Å². The van der Waals surface area contributed by atoms with E-state index < -0.39 is 0 Å². The van der Waals surface area contributed by atoms with Crippen LogP contribution in [-0.4, -0.2) is 18.4 Å². The van der Waals surface area contributed by atoms with Crippen LogP contribution in [0.25, 0.3) is 0 Å². The van der Waals surface area contributed by atoms with Gasteiger partial charge in [0.25, 0.3) is 5.91 Å². The topological polar surface area (TPSA) is 58.2 Å². The molecule has 0 unspecified atom stereocenters. The van der Waals surface area contributed by atoms with Crippen molar-refractivity contribution < 1.29 is 9.59 Å². The van der Waals surface area contributed by atoms with E-state index in [9.17, 15) is 9.59 Å². The van der Waals surface area contributed by atoms with Crippen LogP contribution in [0.4, 0.5) is 5.69 Å². The molecule has 0 atom stereocenters. The maximum atomic E-state index is 12.2. The number of hydrogen-bond donors (Lipinski definition) is 2. The lowest BCUT2D eigenvalue weighted by atomic mass is 9.90. The van der Waals surface area contributed by atoms with Crippen LogP contribution in [0.15, 0.2) is 42.5 Å². The van der Waals surface area contributed by atoms with Gasteiger partial charge in [0.05, 0.1) is 6.54 Å². The van der Waals surface area contributed by atoms with E-state index in [4.69, 9.17) is 0 Å². The van der Waals surface area contributed by atoms with E-state index in [0.29, 0.717) is 5.56 Å². The summed E-state index contributed by atoms with van der Waals surface area (Å²) < 4.78 is 0. The zero-order valence-electron chi connectivity index (χ0n) is 13.9. The molecule has 3 rings (SSSR count). The lowest BCUT2D eigenvalue weighted by molar-refractivity contribution is -0.115. The van der Waals surface area contributed by atoms with E-state index in [-0.39, 0.29) is 18.4 Å². The van der Waals surface area contributed by atoms with Gasteiger partial charge in [0, 0.05) is 11.3 Å². The Hall–Kier alpha value is -2.62. The Labute approximate surface area is 142 Å². The minimum Gasteiger partial charge on any atom is -0.343 e. The second-order valence-electron chi connectivity index (χ2n) is 6.20. The van der Waals surface area contributed by atoms with E-state index in [1.165, 1.54) is 17.5 Å². The summed E-state index contributed by atoms with van der Waals surface area (Å²) in [6.45, 7) is 1.85. The summed E-state index contributed by atoms with van der Waals surface area (Å²) >= 11 is 0. The summed E-state index contributed by atoms with van der Waals surface area (Å²) in [6, 6.07) is 13.4. The summed E-state index contributed by atoms with van der Waals surface area (Å²) in [5, 5.41) is 5.63. The van der Waals surface area contributed by atoms with E-state index in [1.807, 2.05) is 37.3 Å². The summed E-state index contributed by atoms with van der Waals surface area (Å²) in [5.74, 6) is -0.422. The molecule has 4 nitrogen and oxygen atoms in total. The van der Waals surface area contributed by atoms with Crippen LogP contribution < -0.4 is 10.6 Å². The molecule has 0 aromatic heterocycles. The van der Waals surface area contributed by atoms with Gasteiger partial charge in [-0.25, -0.2) is 0 Å². The van der Waals surface area contributed by atoms with Crippen LogP contribution in [0.3, 0.4) is 0 Å². The highest BCUT2D eigenvalue weighted by molar-refractivity contribution is 6.00. The van der Waals surface area contributed by atoms with Crippen LogP contribution in [0.5, 0.6) is 0 Å². The van der Waals surface area contributed by atoms with Gasteiger partial charge < -0.3 is 10.6 Å². The molecule has 2 aromatic rings. The number of hydrogen-bond acceptors (Lipinski definition) is 2. The van der Waals surface area contributed by atoms with Gasteiger partial charge in [0.2, 0.25) is 5.91 Å². The molecule has 0 bridgehead atoms. The average Bonchev–Trinajstić information content (AvgIpc) is 2.60. The number of fused-ring (bicyclic) bond motifs is 1. The molecule has 0 spiro atoms. The number of benzene rings is 2. The molecular formula is C20H22N2O2. The molecule has 2 amide bonds. The van der Waals surface area contributed by atoms with Gasteiger partial charge in [-0.2, -0.15) is 0 Å². The summed E-state index contributed by atoms with van der Waals surface area (Å²) in [6.07, 6.45) is 4.44. The van der Waals surface area contributed by atoms with Gasteiger partial charge in [-0.3, -0.25) is 9.59 Å². The van der Waals surface area contributed by atoms with Crippen LogP contribution in [0.1, 0.15) is 39.9 Å². The number of aryl methyl sites for hydroxylation is 2. The summed E-state index contributed by atoms with van der Waals surface area (Å²) in [7, 11) is 0. The van der Waals surface area contributed by atoms with Crippen molar-refractivity contribution in [3.8, 4) is 0 Å². The third kappa shape index (κ3) is 3.65. The van der Waals surface area contributed by atoms with Crippen molar-refractivity contribution in [3.63, 3.8) is 0 Å². The van der Waals surface area contributed by atoms with Crippen molar-refractivity contribution >= 4 is 17.5 Å². The predicted molar refractivity (Wildman–Crippen MR) is 95.2 cm³/mol. The van der Waals surface area contributed by atoms with Gasteiger partial charge in [-0.1, -0.05) is 30.3 Å². The first-order valence-electron chi connectivity index (χ1n) is 8.39. The van der Waals surface area contributed by atoms with E-state index >= 15 is 0 Å². The Bertz CT molecular complexity index is 768. The van der Waals surface area contributed by atoms with Crippen molar-refractivity contribution in [1.29, 1.82) is 0 Å². The quantitative estimate of drug-likeness (QED) is 0.908. The Morgan fingerprint density at radius 1 is 1.00 bits per heavy atom. The van der Waals surface area contributed by atoms with Crippen molar-refractivity contribution in [3.05, 3.63) is 64.7 Å². The number of carbonyl (C=O) groups excluding carboxylic acids is 2. The second-order valence-corrected chi connectivity index (χ2v) is 6.20. The fraction of sp³-hybridized carbons (Fsp3) is 0.300. The first kappa shape index (κ1) is 16.2. The second kappa shape index (κ2) is 7.30. The van der Waals surface area contributed by atoms with Gasteiger partial charge in [0.15, 0.2) is 0 Å². The van der Waals surface area contributed by atoms with Crippen LogP contribution in [0, 0.1) is 6.92 Å². The molecule has 2 N–H and O–H groups in total. The molecule has 4 heteroatoms. The Kier molecular flexibility index (Phi) is 4.94.